The van der Waals surface area contributed by atoms with Crippen molar-refractivity contribution in [3.8, 4) is 23.0 Å². The summed E-state index contributed by atoms with van der Waals surface area (Å²) in [4.78, 5) is 34.9. The Labute approximate surface area is 215 Å². The minimum absolute atomic E-state index is 0.0891. The van der Waals surface area contributed by atoms with Crippen molar-refractivity contribution >= 4 is 34.5 Å². The van der Waals surface area contributed by atoms with Crippen molar-refractivity contribution in [2.45, 2.75) is 52.5 Å². The Hall–Kier alpha value is -3.71. The number of aromatic nitrogens is 3. The van der Waals surface area contributed by atoms with Gasteiger partial charge in [-0.2, -0.15) is 4.98 Å². The van der Waals surface area contributed by atoms with E-state index in [9.17, 15) is 9.59 Å². The van der Waals surface area contributed by atoms with Crippen LogP contribution in [0.1, 0.15) is 51.7 Å². The number of halogens is 1. The van der Waals surface area contributed by atoms with E-state index in [-0.39, 0.29) is 11.7 Å². The maximum atomic E-state index is 11.5. The van der Waals surface area contributed by atoms with Crippen LogP contribution in [0.4, 0.5) is 0 Å². The predicted molar refractivity (Wildman–Crippen MR) is 141 cm³/mol. The van der Waals surface area contributed by atoms with Crippen LogP contribution in [0.3, 0.4) is 0 Å². The Kier molecular flexibility index (Phi) is 7.40. The number of benzene rings is 2. The van der Waals surface area contributed by atoms with Crippen molar-refractivity contribution in [2.75, 3.05) is 0 Å². The molecule has 0 bridgehead atoms. The fourth-order valence-corrected chi connectivity index (χ4v) is 4.34. The van der Waals surface area contributed by atoms with E-state index in [0.29, 0.717) is 40.1 Å². The molecule has 4 aromatic rings. The van der Waals surface area contributed by atoms with Gasteiger partial charge in [0, 0.05) is 18.9 Å². The van der Waals surface area contributed by atoms with E-state index < -0.39 is 5.54 Å². The third-order valence-corrected chi connectivity index (χ3v) is 6.19. The molecular formula is C28H29ClN4O3. The Balaban J connectivity index is 1.50. The molecule has 0 saturated heterocycles. The number of carbonyl (C=O) groups excluding carboxylic acids is 2. The molecule has 0 aliphatic carbocycles. The zero-order valence-corrected chi connectivity index (χ0v) is 21.6. The van der Waals surface area contributed by atoms with E-state index in [2.05, 4.69) is 20.3 Å². The van der Waals surface area contributed by atoms with Crippen LogP contribution in [-0.4, -0.2) is 26.6 Å². The van der Waals surface area contributed by atoms with Gasteiger partial charge in [-0.1, -0.05) is 48.0 Å². The number of aryl methyl sites for hydroxylation is 1. The molecule has 0 saturated carbocycles. The molecular weight excluding hydrogens is 476 g/mol. The second-order valence-corrected chi connectivity index (χ2v) is 9.82. The van der Waals surface area contributed by atoms with Gasteiger partial charge in [-0.15, -0.1) is 0 Å². The number of carbonyl (C=O) groups is 2. The van der Waals surface area contributed by atoms with Crippen LogP contribution in [0.2, 0.25) is 5.02 Å². The number of ether oxygens (including phenoxy) is 1. The molecule has 0 aliphatic heterocycles. The molecule has 0 spiro atoms. The van der Waals surface area contributed by atoms with Crippen molar-refractivity contribution in [3.63, 3.8) is 0 Å². The fraction of sp³-hybridized carbons (Fsp3) is 0.286. The van der Waals surface area contributed by atoms with E-state index >= 15 is 0 Å². The number of nitrogens with zero attached hydrogens (tertiary/aromatic N) is 2. The minimum Gasteiger partial charge on any atom is -0.426 e. The first-order chi connectivity index (χ1) is 17.1. The van der Waals surface area contributed by atoms with Crippen LogP contribution in [0, 0.1) is 0 Å². The predicted octanol–water partition coefficient (Wildman–Crippen LogP) is 6.35. The van der Waals surface area contributed by atoms with Crippen LogP contribution < -0.4 is 10.1 Å². The minimum atomic E-state index is -0.493. The summed E-state index contributed by atoms with van der Waals surface area (Å²) < 4.78 is 5.91. The van der Waals surface area contributed by atoms with Crippen molar-refractivity contribution in [1.82, 2.24) is 20.3 Å². The summed E-state index contributed by atoms with van der Waals surface area (Å²) in [7, 11) is 0. The summed E-state index contributed by atoms with van der Waals surface area (Å²) in [6.45, 7) is 7.00. The van der Waals surface area contributed by atoms with Gasteiger partial charge in [-0.25, -0.2) is 4.98 Å². The molecule has 186 valence electrons. The molecule has 2 aromatic carbocycles. The van der Waals surface area contributed by atoms with Gasteiger partial charge in [-0.05, 0) is 62.9 Å². The van der Waals surface area contributed by atoms with Gasteiger partial charge in [0.25, 0.3) is 0 Å². The van der Waals surface area contributed by atoms with Crippen LogP contribution in [0.15, 0.2) is 54.6 Å². The van der Waals surface area contributed by atoms with Gasteiger partial charge < -0.3 is 19.8 Å². The van der Waals surface area contributed by atoms with Crippen molar-refractivity contribution < 1.29 is 14.3 Å². The number of pyridine rings is 1. The first-order valence-electron chi connectivity index (χ1n) is 11.8. The van der Waals surface area contributed by atoms with Gasteiger partial charge in [0.15, 0.2) is 5.65 Å². The van der Waals surface area contributed by atoms with E-state index in [1.807, 2.05) is 62.4 Å². The average Bonchev–Trinajstić information content (AvgIpc) is 3.19. The van der Waals surface area contributed by atoms with Crippen LogP contribution >= 0.6 is 11.6 Å². The molecule has 2 N–H and O–H groups in total. The number of rotatable bonds is 9. The molecule has 0 aliphatic rings. The lowest BCUT2D eigenvalue weighted by molar-refractivity contribution is -0.120. The number of H-pyrrole nitrogens is 1. The molecule has 7 nitrogen and oxygen atoms in total. The molecule has 0 atom stereocenters. The number of hydrogen-bond acceptors (Lipinski definition) is 5. The highest BCUT2D eigenvalue weighted by Gasteiger charge is 2.21. The summed E-state index contributed by atoms with van der Waals surface area (Å²) in [5.41, 5.74) is 4.33. The Morgan fingerprint density at radius 3 is 2.36 bits per heavy atom. The average molecular weight is 505 g/mol. The number of fused-ring (bicyclic) bond motifs is 1. The van der Waals surface area contributed by atoms with Gasteiger partial charge in [-0.3, -0.25) is 4.79 Å². The van der Waals surface area contributed by atoms with Crippen LogP contribution in [0.5, 0.6) is 11.8 Å². The highest BCUT2D eigenvalue weighted by atomic mass is 35.5. The number of imidazole rings is 1. The number of amides is 1. The summed E-state index contributed by atoms with van der Waals surface area (Å²) in [6.07, 6.45) is 2.28. The molecule has 0 fully saturated rings. The fourth-order valence-electron chi connectivity index (χ4n) is 4.08. The third kappa shape index (κ3) is 6.10. The van der Waals surface area contributed by atoms with Crippen molar-refractivity contribution in [1.29, 1.82) is 0 Å². The lowest BCUT2D eigenvalue weighted by Gasteiger charge is -2.26. The normalized spacial score (nSPS) is 11.5. The second kappa shape index (κ2) is 10.5. The lowest BCUT2D eigenvalue weighted by Crippen LogP contribution is -2.39. The summed E-state index contributed by atoms with van der Waals surface area (Å²) in [5.74, 6) is 0.720. The molecule has 4 rings (SSSR count). The van der Waals surface area contributed by atoms with E-state index in [1.54, 1.807) is 13.0 Å². The SMILES string of the molecule is CC(=O)CCCc1ccc(-c2nc3nc(Oc4ccc(C(C)(C)NC(C)=O)cc4)[nH]c3cc2Cl)cc1. The maximum Gasteiger partial charge on any atom is 0.301 e. The number of hydrogen-bond donors (Lipinski definition) is 2. The van der Waals surface area contributed by atoms with E-state index in [4.69, 9.17) is 16.3 Å². The molecule has 0 unspecified atom stereocenters. The molecule has 2 aromatic heterocycles. The van der Waals surface area contributed by atoms with E-state index in [1.165, 1.54) is 12.5 Å². The number of nitrogens with one attached hydrogen (secondary N) is 2. The van der Waals surface area contributed by atoms with Crippen LogP contribution in [-0.2, 0) is 21.5 Å². The number of ketones is 1. The first-order valence-corrected chi connectivity index (χ1v) is 12.2. The highest BCUT2D eigenvalue weighted by Crippen LogP contribution is 2.31. The third-order valence-electron chi connectivity index (χ3n) is 5.91. The highest BCUT2D eigenvalue weighted by molar-refractivity contribution is 6.33. The summed E-state index contributed by atoms with van der Waals surface area (Å²) >= 11 is 6.54. The molecule has 0 radical (unpaired) electrons. The topological polar surface area (TPSA) is 97.0 Å². The zero-order valence-electron chi connectivity index (χ0n) is 20.8. The smallest absolute Gasteiger partial charge is 0.301 e. The summed E-state index contributed by atoms with van der Waals surface area (Å²) in [5, 5.41) is 3.44. The standard InChI is InChI=1S/C28H29ClN4O3/c1-17(34)6-5-7-19-8-10-20(11-9-19)25-23(29)16-24-26(31-25)32-27(30-24)36-22-14-12-21(13-15-22)28(3,4)33-18(2)35/h8-16H,5-7H2,1-4H3,(H,33,35)(H,30,31,32). The second-order valence-electron chi connectivity index (χ2n) is 9.42. The molecule has 2 heterocycles. The largest absolute Gasteiger partial charge is 0.426 e. The van der Waals surface area contributed by atoms with Gasteiger partial charge in [0.2, 0.25) is 5.91 Å². The maximum absolute atomic E-state index is 11.5. The molecule has 8 heteroatoms. The van der Waals surface area contributed by atoms with Gasteiger partial charge in [0.1, 0.15) is 11.5 Å². The van der Waals surface area contributed by atoms with Gasteiger partial charge in [0.05, 0.1) is 21.8 Å². The molecule has 1 amide bonds. The Morgan fingerprint density at radius 1 is 1.03 bits per heavy atom. The quantitative estimate of drug-likeness (QED) is 0.276. The molecule has 36 heavy (non-hydrogen) atoms. The van der Waals surface area contributed by atoms with Crippen molar-refractivity contribution in [2.24, 2.45) is 0 Å². The first kappa shape index (κ1) is 25.4. The van der Waals surface area contributed by atoms with Crippen LogP contribution in [0.25, 0.3) is 22.4 Å². The Morgan fingerprint density at radius 2 is 1.72 bits per heavy atom. The van der Waals surface area contributed by atoms with Crippen molar-refractivity contribution in [3.05, 3.63) is 70.7 Å². The lowest BCUT2D eigenvalue weighted by atomic mass is 9.94. The monoisotopic (exact) mass is 504 g/mol. The Bertz CT molecular complexity index is 1390. The van der Waals surface area contributed by atoms with E-state index in [0.717, 1.165) is 24.0 Å². The summed E-state index contributed by atoms with van der Waals surface area (Å²) in [6, 6.07) is 17.6. The number of Topliss-reactive ketones (excluding diaryl/α,β-unsaturated/α-hetero) is 1. The zero-order chi connectivity index (χ0) is 25.9. The van der Waals surface area contributed by atoms with Gasteiger partial charge >= 0.3 is 6.01 Å². The number of aromatic amines is 1.